The molecule has 1 saturated heterocycles. The van der Waals surface area contributed by atoms with Crippen molar-refractivity contribution in [3.8, 4) is 0 Å². The van der Waals surface area contributed by atoms with Crippen LogP contribution in [0.4, 0.5) is 5.69 Å². The van der Waals surface area contributed by atoms with Crippen molar-refractivity contribution < 1.29 is 4.74 Å². The van der Waals surface area contributed by atoms with Gasteiger partial charge in [-0.2, -0.15) is 0 Å². The SMILES string of the molecule is CC(CN1CC[C@@]2(C)c3cccc(N)c3C[C@@H]1C2(C)C)OCc1ccccc1. The molecule has 1 unspecified atom stereocenters. The lowest BCUT2D eigenvalue weighted by molar-refractivity contribution is -0.0647. The van der Waals surface area contributed by atoms with E-state index in [-0.39, 0.29) is 16.9 Å². The fourth-order valence-corrected chi connectivity index (χ4v) is 5.49. The van der Waals surface area contributed by atoms with Crippen molar-refractivity contribution in [2.75, 3.05) is 18.8 Å². The number of hydrogen-bond donors (Lipinski definition) is 1. The molecule has 2 bridgehead atoms. The lowest BCUT2D eigenvalue weighted by Gasteiger charge is -2.61. The van der Waals surface area contributed by atoms with Gasteiger partial charge in [0.2, 0.25) is 0 Å². The summed E-state index contributed by atoms with van der Waals surface area (Å²) in [6.07, 6.45) is 2.41. The van der Waals surface area contributed by atoms with Crippen molar-refractivity contribution in [3.63, 3.8) is 0 Å². The Kier molecular flexibility index (Phi) is 5.01. The van der Waals surface area contributed by atoms with Gasteiger partial charge in [-0.1, -0.05) is 63.2 Å². The molecule has 1 heterocycles. The van der Waals surface area contributed by atoms with E-state index in [2.05, 4.69) is 75.1 Å². The lowest BCUT2D eigenvalue weighted by atomic mass is 9.51. The van der Waals surface area contributed by atoms with E-state index < -0.39 is 0 Å². The number of fused-ring (bicyclic) bond motifs is 4. The number of anilines is 1. The highest BCUT2D eigenvalue weighted by atomic mass is 16.5. The number of hydrogen-bond acceptors (Lipinski definition) is 3. The van der Waals surface area contributed by atoms with Gasteiger partial charge in [-0.05, 0) is 54.5 Å². The van der Waals surface area contributed by atoms with Crippen LogP contribution >= 0.6 is 0 Å². The number of ether oxygens (including phenoxy) is 1. The molecule has 0 radical (unpaired) electrons. The number of nitrogens with zero attached hydrogens (tertiary/aromatic N) is 1. The van der Waals surface area contributed by atoms with Crippen molar-refractivity contribution in [1.29, 1.82) is 0 Å². The van der Waals surface area contributed by atoms with Gasteiger partial charge < -0.3 is 10.5 Å². The van der Waals surface area contributed by atoms with Crippen LogP contribution in [0.5, 0.6) is 0 Å². The van der Waals surface area contributed by atoms with Crippen LogP contribution in [0.25, 0.3) is 0 Å². The summed E-state index contributed by atoms with van der Waals surface area (Å²) in [5.74, 6) is 0. The molecule has 2 aromatic rings. The molecule has 0 amide bonds. The molecule has 3 atom stereocenters. The zero-order valence-corrected chi connectivity index (χ0v) is 17.7. The minimum atomic E-state index is 0.172. The lowest BCUT2D eigenvalue weighted by Crippen LogP contribution is -2.64. The van der Waals surface area contributed by atoms with Crippen molar-refractivity contribution in [2.45, 2.75) is 64.7 Å². The minimum Gasteiger partial charge on any atom is -0.398 e. The van der Waals surface area contributed by atoms with Gasteiger partial charge in [0.05, 0.1) is 12.7 Å². The highest BCUT2D eigenvalue weighted by Crippen LogP contribution is 2.56. The maximum Gasteiger partial charge on any atom is 0.0721 e. The molecule has 1 aliphatic heterocycles. The number of benzene rings is 2. The molecule has 4 rings (SSSR count). The Labute approximate surface area is 169 Å². The smallest absolute Gasteiger partial charge is 0.0721 e. The van der Waals surface area contributed by atoms with E-state index in [0.29, 0.717) is 12.6 Å². The summed E-state index contributed by atoms with van der Waals surface area (Å²) in [5, 5.41) is 0. The first kappa shape index (κ1) is 19.5. The monoisotopic (exact) mass is 378 g/mol. The van der Waals surface area contributed by atoms with Crippen LogP contribution < -0.4 is 5.73 Å². The highest BCUT2D eigenvalue weighted by Gasteiger charge is 2.56. The third-order valence-corrected chi connectivity index (χ3v) is 7.67. The third kappa shape index (κ3) is 3.15. The average molecular weight is 379 g/mol. The molecule has 0 saturated carbocycles. The molecule has 1 fully saturated rings. The fourth-order valence-electron chi connectivity index (χ4n) is 5.49. The summed E-state index contributed by atoms with van der Waals surface area (Å²) in [6.45, 7) is 12.3. The topological polar surface area (TPSA) is 38.5 Å². The van der Waals surface area contributed by atoms with Crippen LogP contribution in [0.1, 0.15) is 50.8 Å². The van der Waals surface area contributed by atoms with Gasteiger partial charge >= 0.3 is 0 Å². The van der Waals surface area contributed by atoms with Crippen molar-refractivity contribution in [3.05, 3.63) is 65.2 Å². The summed E-state index contributed by atoms with van der Waals surface area (Å²) in [7, 11) is 0. The molecule has 0 aromatic heterocycles. The van der Waals surface area contributed by atoms with E-state index in [9.17, 15) is 0 Å². The largest absolute Gasteiger partial charge is 0.398 e. The second-order valence-corrected chi connectivity index (χ2v) is 9.50. The molecule has 2 N–H and O–H groups in total. The molecule has 1 aliphatic carbocycles. The first-order valence-electron chi connectivity index (χ1n) is 10.6. The molecule has 0 spiro atoms. The second kappa shape index (κ2) is 7.20. The van der Waals surface area contributed by atoms with Crippen LogP contribution in [0.3, 0.4) is 0 Å². The van der Waals surface area contributed by atoms with E-state index in [0.717, 1.165) is 25.2 Å². The average Bonchev–Trinajstić information content (AvgIpc) is 2.67. The van der Waals surface area contributed by atoms with E-state index in [1.165, 1.54) is 23.1 Å². The summed E-state index contributed by atoms with van der Waals surface area (Å²) >= 11 is 0. The Hall–Kier alpha value is -1.84. The minimum absolute atomic E-state index is 0.172. The maximum atomic E-state index is 6.41. The molecule has 2 aliphatic rings. The number of piperidine rings is 1. The molecule has 2 aromatic carbocycles. The Morgan fingerprint density at radius 3 is 2.61 bits per heavy atom. The summed E-state index contributed by atoms with van der Waals surface area (Å²) in [4.78, 5) is 2.66. The van der Waals surface area contributed by atoms with Crippen molar-refractivity contribution in [1.82, 2.24) is 4.90 Å². The second-order valence-electron chi connectivity index (χ2n) is 9.50. The predicted molar refractivity (Wildman–Crippen MR) is 116 cm³/mol. The van der Waals surface area contributed by atoms with Gasteiger partial charge in [0, 0.05) is 23.7 Å². The van der Waals surface area contributed by atoms with Gasteiger partial charge in [0.1, 0.15) is 0 Å². The normalized spacial score (nSPS) is 27.2. The van der Waals surface area contributed by atoms with Gasteiger partial charge in [-0.3, -0.25) is 4.90 Å². The number of nitrogen functional groups attached to an aromatic ring is 1. The standard InChI is InChI=1S/C25H34N2O/c1-18(28-17-19-9-6-5-7-10-19)16-27-14-13-25(4)21-11-8-12-22(26)20(21)15-23(27)24(25,2)3/h5-12,18,23H,13-17,26H2,1-4H3/t18?,23-,25+/m1/s1. The van der Waals surface area contributed by atoms with E-state index in [4.69, 9.17) is 10.5 Å². The third-order valence-electron chi connectivity index (χ3n) is 7.67. The first-order valence-corrected chi connectivity index (χ1v) is 10.6. The van der Waals surface area contributed by atoms with Crippen molar-refractivity contribution >= 4 is 5.69 Å². The highest BCUT2D eigenvalue weighted by molar-refractivity contribution is 5.56. The Bertz CT molecular complexity index is 832. The number of rotatable bonds is 5. The van der Waals surface area contributed by atoms with E-state index in [1.807, 2.05) is 6.07 Å². The molecule has 150 valence electrons. The van der Waals surface area contributed by atoms with Gasteiger partial charge in [-0.25, -0.2) is 0 Å². The van der Waals surface area contributed by atoms with Gasteiger partial charge in [0.15, 0.2) is 0 Å². The van der Waals surface area contributed by atoms with Gasteiger partial charge in [-0.15, -0.1) is 0 Å². The Balaban J connectivity index is 1.51. The Morgan fingerprint density at radius 2 is 1.86 bits per heavy atom. The van der Waals surface area contributed by atoms with Crippen LogP contribution in [-0.2, 0) is 23.2 Å². The van der Waals surface area contributed by atoms with Crippen LogP contribution in [0.15, 0.2) is 48.5 Å². The van der Waals surface area contributed by atoms with E-state index >= 15 is 0 Å². The van der Waals surface area contributed by atoms with Crippen molar-refractivity contribution in [2.24, 2.45) is 5.41 Å². The first-order chi connectivity index (χ1) is 13.3. The molecular formula is C25H34N2O. The summed E-state index contributed by atoms with van der Waals surface area (Å²) < 4.78 is 6.19. The molecule has 3 nitrogen and oxygen atoms in total. The molecular weight excluding hydrogens is 344 g/mol. The number of nitrogens with two attached hydrogens (primary N) is 1. The fraction of sp³-hybridized carbons (Fsp3) is 0.520. The number of likely N-dealkylation sites (tertiary alicyclic amines) is 1. The van der Waals surface area contributed by atoms with E-state index in [1.54, 1.807) is 0 Å². The summed E-state index contributed by atoms with van der Waals surface area (Å²) in [5.41, 5.74) is 11.8. The van der Waals surface area contributed by atoms with Crippen LogP contribution in [-0.4, -0.2) is 30.1 Å². The Morgan fingerprint density at radius 1 is 1.11 bits per heavy atom. The maximum absolute atomic E-state index is 6.41. The quantitative estimate of drug-likeness (QED) is 0.761. The van der Waals surface area contributed by atoms with Gasteiger partial charge in [0.25, 0.3) is 0 Å². The molecule has 28 heavy (non-hydrogen) atoms. The zero-order chi connectivity index (χ0) is 19.9. The zero-order valence-electron chi connectivity index (χ0n) is 17.7. The predicted octanol–water partition coefficient (Wildman–Crippen LogP) is 4.79. The summed E-state index contributed by atoms with van der Waals surface area (Å²) in [6, 6.07) is 17.4. The molecule has 3 heteroatoms. The van der Waals surface area contributed by atoms with Crippen LogP contribution in [0.2, 0.25) is 0 Å². The van der Waals surface area contributed by atoms with Crippen LogP contribution in [0, 0.1) is 5.41 Å².